The number of nitrogens with zero attached hydrogens (tertiary/aromatic N) is 1. The Morgan fingerprint density at radius 1 is 1.45 bits per heavy atom. The summed E-state index contributed by atoms with van der Waals surface area (Å²) in [6, 6.07) is 6.39. The summed E-state index contributed by atoms with van der Waals surface area (Å²) in [6.45, 7) is 3.91. The normalized spacial score (nSPS) is 19.8. The topological polar surface area (TPSA) is 69.6 Å². The molecule has 2 rings (SSSR count). The molecule has 5 nitrogen and oxygen atoms in total. The van der Waals surface area contributed by atoms with E-state index < -0.39 is 10.0 Å². The van der Waals surface area contributed by atoms with Gasteiger partial charge >= 0.3 is 0 Å². The van der Waals surface area contributed by atoms with Gasteiger partial charge in [0.1, 0.15) is 5.75 Å². The average molecular weight is 298 g/mol. The number of hydrogen-bond donors (Lipinski definition) is 2. The second kappa shape index (κ2) is 6.45. The molecule has 1 unspecified atom stereocenters. The van der Waals surface area contributed by atoms with E-state index in [4.69, 9.17) is 0 Å². The van der Waals surface area contributed by atoms with Crippen molar-refractivity contribution in [2.45, 2.75) is 19.8 Å². The number of nitrogens with one attached hydrogen (secondary N) is 1. The average Bonchev–Trinajstić information content (AvgIpc) is 2.39. The largest absolute Gasteiger partial charge is 0.508 e. The molecule has 1 heterocycles. The number of benzene rings is 1. The predicted octanol–water partition coefficient (Wildman–Crippen LogP) is 1.55. The Kier molecular flexibility index (Phi) is 4.88. The third kappa shape index (κ3) is 3.64. The van der Waals surface area contributed by atoms with Gasteiger partial charge in [0.2, 0.25) is 10.0 Å². The van der Waals surface area contributed by atoms with Crippen LogP contribution in [0.2, 0.25) is 0 Å². The SMILES string of the molecule is CCN(c1cccc(O)c1)S(=O)(=O)CC1CCCNC1. The molecule has 0 saturated carbocycles. The molecule has 0 radical (unpaired) electrons. The van der Waals surface area contributed by atoms with Crippen molar-refractivity contribution in [2.24, 2.45) is 5.92 Å². The van der Waals surface area contributed by atoms with Crippen molar-refractivity contribution >= 4 is 15.7 Å². The molecule has 1 aliphatic heterocycles. The van der Waals surface area contributed by atoms with Crippen molar-refractivity contribution in [3.63, 3.8) is 0 Å². The first kappa shape index (κ1) is 15.1. The first-order valence-corrected chi connectivity index (χ1v) is 8.64. The maximum absolute atomic E-state index is 12.6. The summed E-state index contributed by atoms with van der Waals surface area (Å²) >= 11 is 0. The molecular weight excluding hydrogens is 276 g/mol. The number of piperidine rings is 1. The number of anilines is 1. The maximum atomic E-state index is 12.6. The molecule has 1 aromatic rings. The molecule has 0 spiro atoms. The summed E-state index contributed by atoms with van der Waals surface area (Å²) < 4.78 is 26.5. The third-order valence-corrected chi connectivity index (χ3v) is 5.62. The van der Waals surface area contributed by atoms with Crippen molar-refractivity contribution in [1.29, 1.82) is 0 Å². The highest BCUT2D eigenvalue weighted by atomic mass is 32.2. The lowest BCUT2D eigenvalue weighted by Crippen LogP contribution is -2.40. The number of sulfonamides is 1. The standard InChI is InChI=1S/C14H22N2O3S/c1-2-16(13-6-3-7-14(17)9-13)20(18,19)11-12-5-4-8-15-10-12/h3,6-7,9,12,15,17H,2,4-5,8,10-11H2,1H3. The molecule has 1 aliphatic rings. The summed E-state index contributed by atoms with van der Waals surface area (Å²) in [5.74, 6) is 0.402. The van der Waals surface area contributed by atoms with Gasteiger partial charge < -0.3 is 10.4 Å². The lowest BCUT2D eigenvalue weighted by Gasteiger charge is -2.28. The Morgan fingerprint density at radius 3 is 2.85 bits per heavy atom. The van der Waals surface area contributed by atoms with Crippen LogP contribution in [0.4, 0.5) is 5.69 Å². The molecule has 0 aliphatic carbocycles. The highest BCUT2D eigenvalue weighted by Crippen LogP contribution is 2.24. The summed E-state index contributed by atoms with van der Waals surface area (Å²) in [6.07, 6.45) is 1.97. The van der Waals surface area contributed by atoms with Crippen molar-refractivity contribution in [3.05, 3.63) is 24.3 Å². The third-order valence-electron chi connectivity index (χ3n) is 3.59. The zero-order valence-corrected chi connectivity index (χ0v) is 12.6. The van der Waals surface area contributed by atoms with Gasteiger partial charge in [-0.2, -0.15) is 0 Å². The van der Waals surface area contributed by atoms with E-state index in [1.807, 2.05) is 0 Å². The fourth-order valence-electron chi connectivity index (χ4n) is 2.64. The van der Waals surface area contributed by atoms with E-state index in [9.17, 15) is 13.5 Å². The molecule has 0 aromatic heterocycles. The number of hydrogen-bond acceptors (Lipinski definition) is 4. The fraction of sp³-hybridized carbons (Fsp3) is 0.571. The van der Waals surface area contributed by atoms with Gasteiger partial charge in [-0.05, 0) is 50.9 Å². The van der Waals surface area contributed by atoms with E-state index in [1.165, 1.54) is 16.4 Å². The van der Waals surface area contributed by atoms with E-state index in [0.29, 0.717) is 12.2 Å². The number of rotatable bonds is 5. The van der Waals surface area contributed by atoms with Gasteiger partial charge in [-0.25, -0.2) is 8.42 Å². The molecule has 1 fully saturated rings. The van der Waals surface area contributed by atoms with Crippen LogP contribution in [0, 0.1) is 5.92 Å². The summed E-state index contributed by atoms with van der Waals surface area (Å²) in [7, 11) is -3.36. The molecule has 0 amide bonds. The molecule has 1 saturated heterocycles. The molecule has 1 aromatic carbocycles. The van der Waals surface area contributed by atoms with Crippen LogP contribution in [0.5, 0.6) is 5.75 Å². The van der Waals surface area contributed by atoms with Gasteiger partial charge in [-0.1, -0.05) is 6.07 Å². The highest BCUT2D eigenvalue weighted by Gasteiger charge is 2.26. The summed E-state index contributed by atoms with van der Waals surface area (Å²) in [5, 5.41) is 12.8. The Balaban J connectivity index is 2.16. The monoisotopic (exact) mass is 298 g/mol. The van der Waals surface area contributed by atoms with Crippen LogP contribution in [-0.4, -0.2) is 38.9 Å². The van der Waals surface area contributed by atoms with E-state index >= 15 is 0 Å². The smallest absolute Gasteiger partial charge is 0.235 e. The van der Waals surface area contributed by atoms with Gasteiger partial charge in [0.15, 0.2) is 0 Å². The molecule has 1 atom stereocenters. The zero-order chi connectivity index (χ0) is 14.6. The number of phenolic OH excluding ortho intramolecular Hbond substituents is 1. The van der Waals surface area contributed by atoms with Crippen LogP contribution in [-0.2, 0) is 10.0 Å². The van der Waals surface area contributed by atoms with Crippen LogP contribution in [0.25, 0.3) is 0 Å². The first-order valence-electron chi connectivity index (χ1n) is 7.03. The second-order valence-corrected chi connectivity index (χ2v) is 7.11. The van der Waals surface area contributed by atoms with Crippen molar-refractivity contribution in [2.75, 3.05) is 29.7 Å². The van der Waals surface area contributed by atoms with Crippen LogP contribution in [0.15, 0.2) is 24.3 Å². The lowest BCUT2D eigenvalue weighted by atomic mass is 10.0. The minimum atomic E-state index is -3.36. The molecule has 20 heavy (non-hydrogen) atoms. The molecule has 112 valence electrons. The van der Waals surface area contributed by atoms with Crippen LogP contribution < -0.4 is 9.62 Å². The maximum Gasteiger partial charge on any atom is 0.235 e. The van der Waals surface area contributed by atoms with Crippen molar-refractivity contribution in [3.8, 4) is 5.75 Å². The van der Waals surface area contributed by atoms with E-state index in [0.717, 1.165) is 25.9 Å². The molecule has 6 heteroatoms. The van der Waals surface area contributed by atoms with Gasteiger partial charge in [-0.3, -0.25) is 4.31 Å². The number of aromatic hydroxyl groups is 1. The zero-order valence-electron chi connectivity index (χ0n) is 11.7. The summed E-state index contributed by atoms with van der Waals surface area (Å²) in [4.78, 5) is 0. The van der Waals surface area contributed by atoms with Gasteiger partial charge in [0, 0.05) is 12.6 Å². The molecule has 0 bridgehead atoms. The van der Waals surface area contributed by atoms with Gasteiger partial charge in [0.25, 0.3) is 0 Å². The van der Waals surface area contributed by atoms with E-state index in [1.54, 1.807) is 19.1 Å². The van der Waals surface area contributed by atoms with Crippen LogP contribution in [0.3, 0.4) is 0 Å². The lowest BCUT2D eigenvalue weighted by molar-refractivity contribution is 0.403. The Bertz CT molecular complexity index is 539. The van der Waals surface area contributed by atoms with Gasteiger partial charge in [0.05, 0.1) is 11.4 Å². The van der Waals surface area contributed by atoms with Gasteiger partial charge in [-0.15, -0.1) is 0 Å². The molecule has 2 N–H and O–H groups in total. The Hall–Kier alpha value is -1.27. The first-order chi connectivity index (χ1) is 9.53. The van der Waals surface area contributed by atoms with Crippen LogP contribution in [0.1, 0.15) is 19.8 Å². The minimum absolute atomic E-state index is 0.0792. The quantitative estimate of drug-likeness (QED) is 0.865. The highest BCUT2D eigenvalue weighted by molar-refractivity contribution is 7.92. The predicted molar refractivity (Wildman–Crippen MR) is 80.5 cm³/mol. The second-order valence-electron chi connectivity index (χ2n) is 5.18. The van der Waals surface area contributed by atoms with Crippen molar-refractivity contribution in [1.82, 2.24) is 5.32 Å². The summed E-state index contributed by atoms with van der Waals surface area (Å²) in [5.41, 5.74) is 0.524. The number of phenols is 1. The van der Waals surface area contributed by atoms with E-state index in [2.05, 4.69) is 5.32 Å². The Morgan fingerprint density at radius 2 is 2.25 bits per heavy atom. The van der Waals surface area contributed by atoms with E-state index in [-0.39, 0.29) is 17.4 Å². The molecular formula is C14H22N2O3S. The van der Waals surface area contributed by atoms with Crippen molar-refractivity contribution < 1.29 is 13.5 Å². The van der Waals surface area contributed by atoms with Crippen LogP contribution >= 0.6 is 0 Å². The fourth-order valence-corrected chi connectivity index (χ4v) is 4.53. The minimum Gasteiger partial charge on any atom is -0.508 e. The Labute approximate surface area is 120 Å².